The van der Waals surface area contributed by atoms with Crippen LogP contribution in [0.1, 0.15) is 25.8 Å². The highest BCUT2D eigenvalue weighted by Gasteiger charge is 2.33. The quantitative estimate of drug-likeness (QED) is 0.306. The average molecular weight is 537 g/mol. The van der Waals surface area contributed by atoms with E-state index in [0.717, 1.165) is 28.3 Å². The van der Waals surface area contributed by atoms with Gasteiger partial charge in [-0.25, -0.2) is 13.2 Å². The van der Waals surface area contributed by atoms with Crippen LogP contribution in [0.4, 0.5) is 10.5 Å². The maximum Gasteiger partial charge on any atom is 0.407 e. The summed E-state index contributed by atoms with van der Waals surface area (Å²) >= 11 is 0. The molecule has 1 aliphatic heterocycles. The molecule has 0 aliphatic carbocycles. The molecule has 202 valence electrons. The molecule has 12 nitrogen and oxygen atoms in total. The zero-order valence-corrected chi connectivity index (χ0v) is 21.5. The lowest BCUT2D eigenvalue weighted by Gasteiger charge is -2.30. The van der Waals surface area contributed by atoms with Crippen molar-refractivity contribution in [3.63, 3.8) is 0 Å². The number of aliphatic hydroxyl groups is 1. The zero-order chi connectivity index (χ0) is 27.0. The highest BCUT2D eigenvalue weighted by Crippen LogP contribution is 2.22. The standard InChI is InChI=1S/C24H32N4O8S/c1-17(2)14-27(37(33,34)21-11-19(28(31)32)12-25-13-21)15-23(29)22(10-18-6-4-3-5-7-18)26-24(30)36-20-8-9-35-16-20/h3-7,11-13,17,20,22-23,29H,8-10,14-16H2,1-2H3,(H,26,30)/t20?,22-,23+/m0/s1. The van der Waals surface area contributed by atoms with Gasteiger partial charge < -0.3 is 19.9 Å². The number of nitrogens with zero attached hydrogens (tertiary/aromatic N) is 3. The number of alkyl carbamates (subject to hydrolysis) is 1. The van der Waals surface area contributed by atoms with Crippen LogP contribution in [0, 0.1) is 16.0 Å². The molecule has 3 rings (SSSR count). The number of nitro groups is 1. The molecule has 0 saturated carbocycles. The molecule has 1 saturated heterocycles. The van der Waals surface area contributed by atoms with Gasteiger partial charge in [-0.1, -0.05) is 44.2 Å². The maximum absolute atomic E-state index is 13.4. The monoisotopic (exact) mass is 536 g/mol. The number of hydrogen-bond acceptors (Lipinski definition) is 9. The van der Waals surface area contributed by atoms with Crippen molar-refractivity contribution >= 4 is 21.8 Å². The molecule has 13 heteroatoms. The van der Waals surface area contributed by atoms with Crippen molar-refractivity contribution in [3.8, 4) is 0 Å². The first-order valence-corrected chi connectivity index (χ1v) is 13.4. The number of carbonyl (C=O) groups excluding carboxylic acids is 1. The van der Waals surface area contributed by atoms with Crippen LogP contribution in [-0.4, -0.2) is 78.4 Å². The fraction of sp³-hybridized carbons (Fsp3) is 0.500. The lowest BCUT2D eigenvalue weighted by atomic mass is 10.0. The van der Waals surface area contributed by atoms with Crippen molar-refractivity contribution in [2.75, 3.05) is 26.3 Å². The van der Waals surface area contributed by atoms with E-state index in [1.807, 2.05) is 30.3 Å². The summed E-state index contributed by atoms with van der Waals surface area (Å²) in [4.78, 5) is 26.3. The van der Waals surface area contributed by atoms with Gasteiger partial charge in [0.15, 0.2) is 0 Å². The van der Waals surface area contributed by atoms with Crippen molar-refractivity contribution < 1.29 is 32.7 Å². The zero-order valence-electron chi connectivity index (χ0n) is 20.7. The summed E-state index contributed by atoms with van der Waals surface area (Å²) in [5.41, 5.74) is 0.352. The average Bonchev–Trinajstić information content (AvgIpc) is 3.36. The molecule has 2 heterocycles. The number of aromatic nitrogens is 1. The van der Waals surface area contributed by atoms with Gasteiger partial charge in [-0.15, -0.1) is 0 Å². The van der Waals surface area contributed by atoms with Gasteiger partial charge >= 0.3 is 6.09 Å². The van der Waals surface area contributed by atoms with Crippen molar-refractivity contribution in [2.24, 2.45) is 5.92 Å². The third-order valence-electron chi connectivity index (χ3n) is 5.73. The van der Waals surface area contributed by atoms with Gasteiger partial charge in [0, 0.05) is 31.8 Å². The van der Waals surface area contributed by atoms with Gasteiger partial charge in [0.05, 0.1) is 30.3 Å². The number of carbonyl (C=O) groups is 1. The van der Waals surface area contributed by atoms with Crippen molar-refractivity contribution in [2.45, 2.75) is 49.8 Å². The van der Waals surface area contributed by atoms with Crippen LogP contribution >= 0.6 is 0 Å². The number of ether oxygens (including phenoxy) is 2. The molecule has 0 spiro atoms. The van der Waals surface area contributed by atoms with E-state index in [-0.39, 0.29) is 36.9 Å². The van der Waals surface area contributed by atoms with Gasteiger partial charge in [-0.2, -0.15) is 4.31 Å². The highest BCUT2D eigenvalue weighted by atomic mass is 32.2. The van der Waals surface area contributed by atoms with E-state index >= 15 is 0 Å². The molecule has 2 aromatic rings. The number of benzene rings is 1. The number of amides is 1. The van der Waals surface area contributed by atoms with E-state index in [1.165, 1.54) is 0 Å². The normalized spacial score (nSPS) is 17.5. The van der Waals surface area contributed by atoms with Crippen molar-refractivity contribution in [1.29, 1.82) is 0 Å². The Hall–Kier alpha value is -3.13. The first-order valence-electron chi connectivity index (χ1n) is 11.9. The molecule has 1 aromatic carbocycles. The van der Waals surface area contributed by atoms with Crippen molar-refractivity contribution in [1.82, 2.24) is 14.6 Å². The van der Waals surface area contributed by atoms with Crippen LogP contribution in [0.25, 0.3) is 0 Å². The summed E-state index contributed by atoms with van der Waals surface area (Å²) in [5, 5.41) is 25.0. The number of nitrogens with one attached hydrogen (secondary N) is 1. The Morgan fingerprint density at radius 3 is 2.65 bits per heavy atom. The van der Waals surface area contributed by atoms with Crippen LogP contribution in [0.3, 0.4) is 0 Å². The predicted molar refractivity (Wildman–Crippen MR) is 133 cm³/mol. The second-order valence-corrected chi connectivity index (χ2v) is 11.2. The van der Waals surface area contributed by atoms with Crippen LogP contribution in [0.2, 0.25) is 0 Å². The van der Waals surface area contributed by atoms with Crippen LogP contribution in [-0.2, 0) is 25.9 Å². The number of pyridine rings is 1. The first-order chi connectivity index (χ1) is 17.6. The Balaban J connectivity index is 1.83. The first kappa shape index (κ1) is 28.4. The van der Waals surface area contributed by atoms with Gasteiger partial charge in [0.25, 0.3) is 5.69 Å². The second-order valence-electron chi connectivity index (χ2n) is 9.25. The lowest BCUT2D eigenvalue weighted by Crippen LogP contribution is -2.51. The molecule has 0 radical (unpaired) electrons. The molecule has 2 N–H and O–H groups in total. The smallest absolute Gasteiger partial charge is 0.407 e. The third-order valence-corrected chi connectivity index (χ3v) is 7.53. The van der Waals surface area contributed by atoms with E-state index in [4.69, 9.17) is 9.47 Å². The molecule has 1 aliphatic rings. The number of hydrogen-bond donors (Lipinski definition) is 2. The summed E-state index contributed by atoms with van der Waals surface area (Å²) in [6.45, 7) is 4.06. The van der Waals surface area contributed by atoms with E-state index in [1.54, 1.807) is 13.8 Å². The SMILES string of the molecule is CC(C)CN(C[C@@H](O)[C@H](Cc1ccccc1)NC(=O)OC1CCOC1)S(=O)(=O)c1cncc([N+](=O)[O-])c1. The minimum absolute atomic E-state index is 0.0317. The van der Waals surface area contributed by atoms with Crippen molar-refractivity contribution in [3.05, 3.63) is 64.5 Å². The molecule has 1 aromatic heterocycles. The van der Waals surface area contributed by atoms with Crippen LogP contribution in [0.15, 0.2) is 53.7 Å². The topological polar surface area (TPSA) is 161 Å². The molecule has 1 amide bonds. The van der Waals surface area contributed by atoms with Gasteiger partial charge in [0.2, 0.25) is 10.0 Å². The van der Waals surface area contributed by atoms with E-state index in [0.29, 0.717) is 13.0 Å². The minimum atomic E-state index is -4.25. The van der Waals surface area contributed by atoms with Gasteiger partial charge in [-0.3, -0.25) is 15.1 Å². The molecular weight excluding hydrogens is 504 g/mol. The maximum atomic E-state index is 13.4. The summed E-state index contributed by atoms with van der Waals surface area (Å²) in [7, 11) is -4.25. The van der Waals surface area contributed by atoms with E-state index in [2.05, 4.69) is 10.3 Å². The summed E-state index contributed by atoms with van der Waals surface area (Å²) < 4.78 is 38.5. The summed E-state index contributed by atoms with van der Waals surface area (Å²) in [6.07, 6.45) is 0.311. The third kappa shape index (κ3) is 8.18. The van der Waals surface area contributed by atoms with Gasteiger partial charge in [-0.05, 0) is 17.9 Å². The van der Waals surface area contributed by atoms with Crippen LogP contribution in [0.5, 0.6) is 0 Å². The Bertz CT molecular complexity index is 1160. The molecular formula is C24H32N4O8S. The Kier molecular flexibility index (Phi) is 9.92. The lowest BCUT2D eigenvalue weighted by molar-refractivity contribution is -0.385. The molecule has 37 heavy (non-hydrogen) atoms. The Morgan fingerprint density at radius 1 is 1.30 bits per heavy atom. The highest BCUT2D eigenvalue weighted by molar-refractivity contribution is 7.89. The largest absolute Gasteiger partial charge is 0.444 e. The number of rotatable bonds is 12. The predicted octanol–water partition coefficient (Wildman–Crippen LogP) is 2.12. The minimum Gasteiger partial charge on any atom is -0.444 e. The molecule has 3 atom stereocenters. The number of sulfonamides is 1. The fourth-order valence-electron chi connectivity index (χ4n) is 3.91. The second kappa shape index (κ2) is 12.9. The van der Waals surface area contributed by atoms with Crippen LogP contribution < -0.4 is 5.32 Å². The Labute approximate surface area is 215 Å². The summed E-state index contributed by atoms with van der Waals surface area (Å²) in [6, 6.07) is 9.17. The van der Waals surface area contributed by atoms with E-state index < -0.39 is 45.0 Å². The van der Waals surface area contributed by atoms with E-state index in [9.17, 15) is 28.4 Å². The fourth-order valence-corrected chi connectivity index (χ4v) is 5.51. The Morgan fingerprint density at radius 2 is 2.03 bits per heavy atom. The molecule has 0 bridgehead atoms. The van der Waals surface area contributed by atoms with Gasteiger partial charge in [0.1, 0.15) is 17.2 Å². The summed E-state index contributed by atoms with van der Waals surface area (Å²) in [5.74, 6) is -0.124. The molecule has 1 fully saturated rings. The number of aliphatic hydroxyl groups excluding tert-OH is 1. The molecule has 1 unspecified atom stereocenters.